The molecule has 2 aromatic rings. The molecule has 0 radical (unpaired) electrons. The van der Waals surface area contributed by atoms with Crippen molar-refractivity contribution in [2.24, 2.45) is 10.7 Å². The summed E-state index contributed by atoms with van der Waals surface area (Å²) in [6, 6.07) is 15.4. The summed E-state index contributed by atoms with van der Waals surface area (Å²) >= 11 is 5.94. The van der Waals surface area contributed by atoms with Crippen LogP contribution in [0.15, 0.2) is 53.5 Å². The first-order chi connectivity index (χ1) is 10.9. The zero-order chi connectivity index (χ0) is 16.9. The number of hydrogen-bond acceptors (Lipinski definition) is 2. The lowest BCUT2D eigenvalue weighted by Gasteiger charge is -2.23. The molecule has 0 unspecified atom stereocenters. The van der Waals surface area contributed by atoms with Crippen LogP contribution in [0.5, 0.6) is 5.75 Å². The second kappa shape index (κ2) is 7.38. The van der Waals surface area contributed by atoms with Crippen LogP contribution < -0.4 is 15.8 Å². The van der Waals surface area contributed by atoms with Crippen LogP contribution in [0.1, 0.15) is 19.4 Å². The molecule has 0 aromatic heterocycles. The predicted octanol–water partition coefficient (Wildman–Crippen LogP) is 4.05. The fourth-order valence-electron chi connectivity index (χ4n) is 2.16. The van der Waals surface area contributed by atoms with Crippen LogP contribution in [0.3, 0.4) is 0 Å². The molecule has 0 aliphatic heterocycles. The lowest BCUT2D eigenvalue weighted by molar-refractivity contribution is 0.415. The standard InChI is InChI=1S/C18H22ClN3O/c1-18(2,13-7-9-14(19)10-8-13)12-21-17(20)22-15-5-4-6-16(11-15)23-3/h4-11H,12H2,1-3H3,(H3,20,21,22). The van der Waals surface area contributed by atoms with Gasteiger partial charge in [-0.3, -0.25) is 4.99 Å². The number of guanidine groups is 1. The van der Waals surface area contributed by atoms with E-state index in [1.165, 1.54) is 5.56 Å². The van der Waals surface area contributed by atoms with Gasteiger partial charge in [-0.05, 0) is 29.8 Å². The number of aliphatic imine (C=N–C) groups is 1. The molecular weight excluding hydrogens is 310 g/mol. The monoisotopic (exact) mass is 331 g/mol. The Labute approximate surface area is 142 Å². The summed E-state index contributed by atoms with van der Waals surface area (Å²) in [5.41, 5.74) is 7.86. The van der Waals surface area contributed by atoms with Gasteiger partial charge in [-0.25, -0.2) is 0 Å². The highest BCUT2D eigenvalue weighted by Gasteiger charge is 2.20. The summed E-state index contributed by atoms with van der Waals surface area (Å²) < 4.78 is 5.19. The fraction of sp³-hybridized carbons (Fsp3) is 0.278. The maximum absolute atomic E-state index is 5.98. The van der Waals surface area contributed by atoms with Gasteiger partial charge in [0.15, 0.2) is 5.96 Å². The summed E-state index contributed by atoms with van der Waals surface area (Å²) in [7, 11) is 1.63. The minimum atomic E-state index is -0.134. The van der Waals surface area contributed by atoms with Gasteiger partial charge in [0.25, 0.3) is 0 Å². The molecule has 2 aromatic carbocycles. The largest absolute Gasteiger partial charge is 0.497 e. The van der Waals surface area contributed by atoms with Crippen molar-refractivity contribution in [2.75, 3.05) is 19.0 Å². The highest BCUT2D eigenvalue weighted by Crippen LogP contribution is 2.25. The number of benzene rings is 2. The molecule has 122 valence electrons. The molecule has 0 amide bonds. The second-order valence-electron chi connectivity index (χ2n) is 5.95. The van der Waals surface area contributed by atoms with E-state index in [2.05, 4.69) is 24.2 Å². The van der Waals surface area contributed by atoms with Crippen molar-refractivity contribution >= 4 is 23.2 Å². The molecule has 0 bridgehead atoms. The van der Waals surface area contributed by atoms with Gasteiger partial charge in [0, 0.05) is 22.2 Å². The van der Waals surface area contributed by atoms with E-state index >= 15 is 0 Å². The first kappa shape index (κ1) is 17.2. The molecule has 0 aliphatic rings. The van der Waals surface area contributed by atoms with Gasteiger partial charge in [-0.2, -0.15) is 0 Å². The number of hydrogen-bond donors (Lipinski definition) is 2. The number of methoxy groups -OCH3 is 1. The molecule has 0 fully saturated rings. The number of nitrogens with zero attached hydrogens (tertiary/aromatic N) is 1. The number of halogens is 1. The van der Waals surface area contributed by atoms with Crippen LogP contribution in [-0.2, 0) is 5.41 Å². The van der Waals surface area contributed by atoms with Gasteiger partial charge < -0.3 is 15.8 Å². The van der Waals surface area contributed by atoms with Gasteiger partial charge in [-0.1, -0.05) is 43.6 Å². The third-order valence-corrected chi connectivity index (χ3v) is 3.86. The van der Waals surface area contributed by atoms with Gasteiger partial charge in [-0.15, -0.1) is 0 Å². The number of ether oxygens (including phenoxy) is 1. The van der Waals surface area contributed by atoms with Crippen molar-refractivity contribution in [1.82, 2.24) is 0 Å². The van der Waals surface area contributed by atoms with Gasteiger partial charge in [0.05, 0.1) is 13.7 Å². The molecule has 3 N–H and O–H groups in total. The first-order valence-corrected chi connectivity index (χ1v) is 7.75. The number of nitrogens with two attached hydrogens (primary N) is 1. The summed E-state index contributed by atoms with van der Waals surface area (Å²) in [6.45, 7) is 4.81. The lowest BCUT2D eigenvalue weighted by Crippen LogP contribution is -2.27. The van der Waals surface area contributed by atoms with Crippen molar-refractivity contribution in [1.29, 1.82) is 0 Å². The Kier molecular flexibility index (Phi) is 5.50. The Morgan fingerprint density at radius 1 is 1.22 bits per heavy atom. The van der Waals surface area contributed by atoms with Crippen molar-refractivity contribution in [2.45, 2.75) is 19.3 Å². The van der Waals surface area contributed by atoms with Crippen LogP contribution in [-0.4, -0.2) is 19.6 Å². The van der Waals surface area contributed by atoms with Crippen LogP contribution >= 0.6 is 11.6 Å². The van der Waals surface area contributed by atoms with Crippen LogP contribution in [0.4, 0.5) is 5.69 Å². The summed E-state index contributed by atoms with van der Waals surface area (Å²) in [4.78, 5) is 4.45. The third kappa shape index (κ3) is 4.89. The highest BCUT2D eigenvalue weighted by atomic mass is 35.5. The molecule has 0 heterocycles. The Morgan fingerprint density at radius 2 is 1.91 bits per heavy atom. The van der Waals surface area contributed by atoms with Crippen molar-refractivity contribution in [3.63, 3.8) is 0 Å². The Morgan fingerprint density at radius 3 is 2.57 bits per heavy atom. The second-order valence-corrected chi connectivity index (χ2v) is 6.39. The predicted molar refractivity (Wildman–Crippen MR) is 97.6 cm³/mol. The number of rotatable bonds is 5. The molecule has 5 heteroatoms. The molecule has 0 atom stereocenters. The Balaban J connectivity index is 2.04. The SMILES string of the molecule is COc1cccc(NC(N)=NCC(C)(C)c2ccc(Cl)cc2)c1. The molecule has 4 nitrogen and oxygen atoms in total. The lowest BCUT2D eigenvalue weighted by atomic mass is 9.85. The van der Waals surface area contributed by atoms with Crippen molar-refractivity contribution < 1.29 is 4.74 Å². The number of anilines is 1. The molecule has 2 rings (SSSR count). The van der Waals surface area contributed by atoms with E-state index in [1.807, 2.05) is 48.5 Å². The van der Waals surface area contributed by atoms with E-state index in [9.17, 15) is 0 Å². The third-order valence-electron chi connectivity index (χ3n) is 3.61. The minimum Gasteiger partial charge on any atom is -0.497 e. The zero-order valence-electron chi connectivity index (χ0n) is 13.6. The van der Waals surface area contributed by atoms with Gasteiger partial charge in [0.2, 0.25) is 0 Å². The van der Waals surface area contributed by atoms with Crippen molar-refractivity contribution in [3.05, 3.63) is 59.1 Å². The maximum Gasteiger partial charge on any atom is 0.193 e. The van der Waals surface area contributed by atoms with Crippen LogP contribution in [0, 0.1) is 0 Å². The summed E-state index contributed by atoms with van der Waals surface area (Å²) in [5.74, 6) is 1.14. The highest BCUT2D eigenvalue weighted by molar-refractivity contribution is 6.30. The first-order valence-electron chi connectivity index (χ1n) is 7.38. The van der Waals surface area contributed by atoms with E-state index in [0.717, 1.165) is 16.5 Å². The average Bonchev–Trinajstić information content (AvgIpc) is 2.54. The molecule has 0 spiro atoms. The average molecular weight is 332 g/mol. The number of nitrogens with one attached hydrogen (secondary N) is 1. The topological polar surface area (TPSA) is 59.6 Å². The molecule has 0 saturated heterocycles. The Bertz CT molecular complexity index is 681. The zero-order valence-corrected chi connectivity index (χ0v) is 14.4. The van der Waals surface area contributed by atoms with Crippen molar-refractivity contribution in [3.8, 4) is 5.75 Å². The normalized spacial score (nSPS) is 12.1. The van der Waals surface area contributed by atoms with E-state index in [-0.39, 0.29) is 5.41 Å². The van der Waals surface area contributed by atoms with E-state index in [1.54, 1.807) is 7.11 Å². The summed E-state index contributed by atoms with van der Waals surface area (Å²) in [5, 5.41) is 3.81. The molecule has 23 heavy (non-hydrogen) atoms. The molecular formula is C18H22ClN3O. The van der Waals surface area contributed by atoms with Crippen LogP contribution in [0.25, 0.3) is 0 Å². The van der Waals surface area contributed by atoms with Crippen LogP contribution in [0.2, 0.25) is 5.02 Å². The van der Waals surface area contributed by atoms with E-state index in [0.29, 0.717) is 12.5 Å². The van der Waals surface area contributed by atoms with E-state index in [4.69, 9.17) is 22.1 Å². The molecule has 0 saturated carbocycles. The summed E-state index contributed by atoms with van der Waals surface area (Å²) in [6.07, 6.45) is 0. The molecule has 0 aliphatic carbocycles. The van der Waals surface area contributed by atoms with E-state index < -0.39 is 0 Å². The minimum absolute atomic E-state index is 0.134. The maximum atomic E-state index is 5.98. The van der Waals surface area contributed by atoms with Gasteiger partial charge >= 0.3 is 0 Å². The smallest absolute Gasteiger partial charge is 0.193 e. The quantitative estimate of drug-likeness (QED) is 0.641. The van der Waals surface area contributed by atoms with Gasteiger partial charge in [0.1, 0.15) is 5.75 Å². The fourth-order valence-corrected chi connectivity index (χ4v) is 2.29. The Hall–Kier alpha value is -2.20.